The lowest BCUT2D eigenvalue weighted by molar-refractivity contribution is -0.223. The zero-order valence-electron chi connectivity index (χ0n) is 17.5. The zero-order chi connectivity index (χ0) is 20.6. The number of hydrogen-bond donors (Lipinski definition) is 3. The molecule has 4 aliphatic rings. The minimum absolute atomic E-state index is 0.0176. The predicted molar refractivity (Wildman–Crippen MR) is 108 cm³/mol. The van der Waals surface area contributed by atoms with Gasteiger partial charge in [-0.15, -0.1) is 0 Å². The Morgan fingerprint density at radius 2 is 1.69 bits per heavy atom. The maximum absolute atomic E-state index is 12.2. The van der Waals surface area contributed by atoms with Gasteiger partial charge in [0.2, 0.25) is 0 Å². The van der Waals surface area contributed by atoms with Crippen LogP contribution in [0.5, 0.6) is 0 Å². The molecule has 5 heteroatoms. The largest absolute Gasteiger partial charge is 0.431 e. The second-order valence-corrected chi connectivity index (χ2v) is 10.9. The summed E-state index contributed by atoms with van der Waals surface area (Å²) in [7, 11) is 0. The summed E-state index contributed by atoms with van der Waals surface area (Å²) in [6.45, 7) is 4.54. The molecule has 0 bridgehead atoms. The fourth-order valence-corrected chi connectivity index (χ4v) is 8.38. The molecule has 4 fully saturated rings. The van der Waals surface area contributed by atoms with Gasteiger partial charge in [0.25, 0.3) is 0 Å². The maximum atomic E-state index is 12.2. The molecule has 0 aromatic carbocycles. The van der Waals surface area contributed by atoms with E-state index < -0.39 is 17.8 Å². The molecule has 1 aromatic heterocycles. The van der Waals surface area contributed by atoms with Crippen molar-refractivity contribution < 1.29 is 19.7 Å². The minimum atomic E-state index is -0.730. The van der Waals surface area contributed by atoms with E-state index in [0.717, 1.165) is 50.5 Å². The van der Waals surface area contributed by atoms with Crippen molar-refractivity contribution in [1.29, 1.82) is 0 Å². The highest BCUT2D eigenvalue weighted by atomic mass is 16.4. The Hall–Kier alpha value is -1.17. The number of aliphatic hydroxyl groups is 3. The second-order valence-electron chi connectivity index (χ2n) is 10.9. The van der Waals surface area contributed by atoms with Gasteiger partial charge in [0.15, 0.2) is 0 Å². The summed E-state index contributed by atoms with van der Waals surface area (Å²) in [6.07, 6.45) is 7.39. The first-order valence-electron chi connectivity index (χ1n) is 11.4. The first-order valence-corrected chi connectivity index (χ1v) is 11.4. The van der Waals surface area contributed by atoms with Gasteiger partial charge in [-0.2, -0.15) is 0 Å². The summed E-state index contributed by atoms with van der Waals surface area (Å²) in [4.78, 5) is 11.4. The van der Waals surface area contributed by atoms with Gasteiger partial charge >= 0.3 is 5.63 Å². The molecule has 0 saturated heterocycles. The molecule has 1 aromatic rings. The average molecular weight is 403 g/mol. The molecular formula is C24H34O5. The molecule has 0 aliphatic heterocycles. The van der Waals surface area contributed by atoms with Gasteiger partial charge in [0.05, 0.1) is 24.1 Å². The lowest BCUT2D eigenvalue weighted by atomic mass is 9.43. The fourth-order valence-electron chi connectivity index (χ4n) is 8.38. The van der Waals surface area contributed by atoms with Gasteiger partial charge in [-0.3, -0.25) is 0 Å². The van der Waals surface area contributed by atoms with E-state index in [9.17, 15) is 20.1 Å². The predicted octanol–water partition coefficient (Wildman–Crippen LogP) is 3.21. The van der Waals surface area contributed by atoms with E-state index in [2.05, 4.69) is 13.8 Å². The van der Waals surface area contributed by atoms with Gasteiger partial charge in [0.1, 0.15) is 0 Å². The second kappa shape index (κ2) is 6.41. The maximum Gasteiger partial charge on any atom is 0.335 e. The highest BCUT2D eigenvalue weighted by molar-refractivity contribution is 5.27. The molecule has 5 rings (SSSR count). The summed E-state index contributed by atoms with van der Waals surface area (Å²) < 4.78 is 5.15. The van der Waals surface area contributed by atoms with Gasteiger partial charge in [-0.25, -0.2) is 4.79 Å². The first kappa shape index (κ1) is 19.8. The van der Waals surface area contributed by atoms with Crippen molar-refractivity contribution in [2.75, 3.05) is 0 Å². The summed E-state index contributed by atoms with van der Waals surface area (Å²) >= 11 is 0. The molecule has 0 unspecified atom stereocenters. The standard InChI is InChI=1S/C24H34O5/c1-22-10-9-19(25)21(27)18(22)5-4-17-16(22)7-11-23(2)15(8-12-24(17,23)28)14-3-6-20(26)29-13-14/h3,6,13,15-19,21,25,27-28H,4-5,7-12H2,1-2H3/t15-,16-,17-,18+,19-,21-,22-,23-,24+/m1/s1. The van der Waals surface area contributed by atoms with Gasteiger partial charge in [-0.1, -0.05) is 13.8 Å². The molecule has 1 heterocycles. The van der Waals surface area contributed by atoms with E-state index in [1.54, 1.807) is 6.26 Å². The molecule has 3 N–H and O–H groups in total. The van der Waals surface area contributed by atoms with Crippen molar-refractivity contribution in [2.24, 2.45) is 28.6 Å². The smallest absolute Gasteiger partial charge is 0.335 e. The van der Waals surface area contributed by atoms with Crippen LogP contribution in [0.4, 0.5) is 0 Å². The van der Waals surface area contributed by atoms with Crippen LogP contribution in [0.25, 0.3) is 0 Å². The number of fused-ring (bicyclic) bond motifs is 5. The highest BCUT2D eigenvalue weighted by Gasteiger charge is 2.68. The van der Waals surface area contributed by atoms with Crippen LogP contribution < -0.4 is 5.63 Å². The van der Waals surface area contributed by atoms with E-state index in [-0.39, 0.29) is 34.2 Å². The summed E-state index contributed by atoms with van der Waals surface area (Å²) in [5, 5.41) is 33.1. The van der Waals surface area contributed by atoms with E-state index in [1.165, 1.54) is 6.07 Å². The third kappa shape index (κ3) is 2.53. The summed E-state index contributed by atoms with van der Waals surface area (Å²) in [5.41, 5.74) is -0.288. The van der Waals surface area contributed by atoms with Crippen molar-refractivity contribution in [3.8, 4) is 0 Å². The van der Waals surface area contributed by atoms with Crippen LogP contribution in [0.1, 0.15) is 76.7 Å². The van der Waals surface area contributed by atoms with E-state index >= 15 is 0 Å². The lowest BCUT2D eigenvalue weighted by Crippen LogP contribution is -2.64. The fraction of sp³-hybridized carbons (Fsp3) is 0.792. The molecule has 4 aliphatic carbocycles. The third-order valence-corrected chi connectivity index (χ3v) is 10.0. The number of aliphatic hydroxyl groups excluding tert-OH is 2. The van der Waals surface area contributed by atoms with Crippen LogP contribution in [0.2, 0.25) is 0 Å². The Morgan fingerprint density at radius 1 is 0.931 bits per heavy atom. The highest BCUT2D eigenvalue weighted by Crippen LogP contribution is 2.70. The Kier molecular flexibility index (Phi) is 4.37. The van der Waals surface area contributed by atoms with Crippen molar-refractivity contribution in [2.45, 2.75) is 88.9 Å². The van der Waals surface area contributed by atoms with E-state index in [4.69, 9.17) is 4.42 Å². The van der Waals surface area contributed by atoms with E-state index in [1.807, 2.05) is 6.07 Å². The number of rotatable bonds is 1. The molecule has 0 spiro atoms. The van der Waals surface area contributed by atoms with Crippen molar-refractivity contribution in [3.05, 3.63) is 34.4 Å². The van der Waals surface area contributed by atoms with Gasteiger partial charge < -0.3 is 19.7 Å². The molecule has 0 amide bonds. The van der Waals surface area contributed by atoms with Gasteiger partial charge in [0, 0.05) is 11.5 Å². The molecule has 5 nitrogen and oxygen atoms in total. The Labute approximate surface area is 172 Å². The monoisotopic (exact) mass is 402 g/mol. The molecular weight excluding hydrogens is 368 g/mol. The van der Waals surface area contributed by atoms with Gasteiger partial charge in [-0.05, 0) is 92.1 Å². The summed E-state index contributed by atoms with van der Waals surface area (Å²) in [6, 6.07) is 3.36. The number of hydrogen-bond acceptors (Lipinski definition) is 5. The Morgan fingerprint density at radius 3 is 2.41 bits per heavy atom. The lowest BCUT2D eigenvalue weighted by Gasteiger charge is -2.64. The van der Waals surface area contributed by atoms with Crippen molar-refractivity contribution in [1.82, 2.24) is 0 Å². The van der Waals surface area contributed by atoms with Crippen LogP contribution >= 0.6 is 0 Å². The average Bonchev–Trinajstić information content (AvgIpc) is 2.98. The Bertz CT molecular complexity index is 829. The quantitative estimate of drug-likeness (QED) is 0.671. The van der Waals surface area contributed by atoms with Crippen molar-refractivity contribution >= 4 is 0 Å². The first-order chi connectivity index (χ1) is 13.7. The molecule has 4 saturated carbocycles. The van der Waals surface area contributed by atoms with Crippen LogP contribution in [-0.4, -0.2) is 33.1 Å². The van der Waals surface area contributed by atoms with Crippen molar-refractivity contribution in [3.63, 3.8) is 0 Å². The molecule has 29 heavy (non-hydrogen) atoms. The Balaban J connectivity index is 1.49. The van der Waals surface area contributed by atoms with Crippen LogP contribution in [0.3, 0.4) is 0 Å². The molecule has 160 valence electrons. The summed E-state index contributed by atoms with van der Waals surface area (Å²) in [5.74, 6) is 0.933. The van der Waals surface area contributed by atoms with E-state index in [0.29, 0.717) is 12.3 Å². The topological polar surface area (TPSA) is 90.9 Å². The molecule has 0 radical (unpaired) electrons. The molecule has 9 atom stereocenters. The SMILES string of the molecule is C[C@]12CC[C@@H](O)[C@H](O)[C@@H]1CC[C@@H]1[C@H]2CC[C@]2(C)[C@@H](c3ccc(=O)oc3)CC[C@]12O. The third-order valence-electron chi connectivity index (χ3n) is 10.0. The van der Waals surface area contributed by atoms with Crippen LogP contribution in [0.15, 0.2) is 27.6 Å². The van der Waals surface area contributed by atoms with Crippen LogP contribution in [0, 0.1) is 28.6 Å². The van der Waals surface area contributed by atoms with Crippen LogP contribution in [-0.2, 0) is 0 Å². The minimum Gasteiger partial charge on any atom is -0.431 e. The normalized spacial score (nSPS) is 51.8. The zero-order valence-corrected chi connectivity index (χ0v) is 17.5.